The van der Waals surface area contributed by atoms with Crippen molar-refractivity contribution < 1.29 is 0 Å². The van der Waals surface area contributed by atoms with Crippen molar-refractivity contribution in [1.29, 1.82) is 0 Å². The van der Waals surface area contributed by atoms with Crippen LogP contribution in [0.2, 0.25) is 0 Å². The summed E-state index contributed by atoms with van der Waals surface area (Å²) in [4.78, 5) is 0. The van der Waals surface area contributed by atoms with Crippen molar-refractivity contribution in [3.05, 3.63) is 42.1 Å². The quantitative estimate of drug-likeness (QED) is 0.667. The largest absolute Gasteiger partial charge is 0.312 e. The van der Waals surface area contributed by atoms with Gasteiger partial charge in [0.1, 0.15) is 0 Å². The van der Waals surface area contributed by atoms with Crippen LogP contribution in [0.15, 0.2) is 36.4 Å². The van der Waals surface area contributed by atoms with E-state index in [1.807, 2.05) is 11.7 Å². The van der Waals surface area contributed by atoms with Gasteiger partial charge in [0.25, 0.3) is 0 Å². The van der Waals surface area contributed by atoms with E-state index in [0.29, 0.717) is 0 Å². The molecule has 0 aliphatic heterocycles. The van der Waals surface area contributed by atoms with Gasteiger partial charge in [-0.2, -0.15) is 5.10 Å². The number of hydrogen-bond donors (Lipinski definition) is 1. The Morgan fingerprint density at radius 3 is 2.70 bits per heavy atom. The molecule has 2 aromatic rings. The van der Waals surface area contributed by atoms with Crippen LogP contribution in [0, 0.1) is 0 Å². The van der Waals surface area contributed by atoms with E-state index in [4.69, 9.17) is 0 Å². The van der Waals surface area contributed by atoms with E-state index in [9.17, 15) is 0 Å². The Hall–Kier alpha value is -1.61. The maximum absolute atomic E-state index is 4.60. The van der Waals surface area contributed by atoms with Crippen LogP contribution in [0.4, 0.5) is 0 Å². The van der Waals surface area contributed by atoms with Gasteiger partial charge in [0.15, 0.2) is 0 Å². The average molecular weight is 271 g/mol. The van der Waals surface area contributed by atoms with Crippen molar-refractivity contribution in [2.45, 2.75) is 39.2 Å². The highest BCUT2D eigenvalue weighted by molar-refractivity contribution is 5.81. The fraction of sp³-hybridized carbons (Fsp3) is 0.471. The number of allylic oxidation sites excluding steroid dienone is 1. The van der Waals surface area contributed by atoms with Crippen LogP contribution in [0.3, 0.4) is 0 Å². The lowest BCUT2D eigenvalue weighted by molar-refractivity contribution is 0.431. The van der Waals surface area contributed by atoms with Gasteiger partial charge >= 0.3 is 0 Å². The maximum atomic E-state index is 4.60. The van der Waals surface area contributed by atoms with Gasteiger partial charge in [-0.25, -0.2) is 0 Å². The Kier molecular flexibility index (Phi) is 4.61. The van der Waals surface area contributed by atoms with Gasteiger partial charge in [-0.1, -0.05) is 30.4 Å². The molecule has 0 saturated heterocycles. The van der Waals surface area contributed by atoms with Gasteiger partial charge < -0.3 is 5.32 Å². The molecule has 0 bridgehead atoms. The zero-order valence-corrected chi connectivity index (χ0v) is 13.0. The van der Waals surface area contributed by atoms with E-state index >= 15 is 0 Å². The Labute approximate surface area is 121 Å². The number of aryl methyl sites for hydroxylation is 1. The van der Waals surface area contributed by atoms with E-state index in [2.05, 4.69) is 67.6 Å². The van der Waals surface area contributed by atoms with Crippen molar-refractivity contribution in [3.63, 3.8) is 0 Å². The van der Waals surface area contributed by atoms with Gasteiger partial charge in [0.05, 0.1) is 11.2 Å². The highest BCUT2D eigenvalue weighted by Crippen LogP contribution is 2.17. The molecule has 3 nitrogen and oxygen atoms in total. The number of benzene rings is 1. The van der Waals surface area contributed by atoms with Gasteiger partial charge in [0.2, 0.25) is 0 Å². The smallest absolute Gasteiger partial charge is 0.0740 e. The fourth-order valence-electron chi connectivity index (χ4n) is 2.28. The Morgan fingerprint density at radius 2 is 1.95 bits per heavy atom. The predicted molar refractivity (Wildman–Crippen MR) is 85.9 cm³/mol. The molecule has 1 aromatic heterocycles. The molecule has 0 unspecified atom stereocenters. The maximum Gasteiger partial charge on any atom is 0.0740 e. The summed E-state index contributed by atoms with van der Waals surface area (Å²) in [7, 11) is 2.00. The average Bonchev–Trinajstić information content (AvgIpc) is 2.70. The third kappa shape index (κ3) is 3.94. The first-order chi connectivity index (χ1) is 9.47. The number of para-hydroxylation sites is 1. The summed E-state index contributed by atoms with van der Waals surface area (Å²) in [6.45, 7) is 7.59. The third-order valence-corrected chi connectivity index (χ3v) is 3.28. The minimum Gasteiger partial charge on any atom is -0.312 e. The summed E-state index contributed by atoms with van der Waals surface area (Å²) in [6, 6.07) is 8.39. The van der Waals surface area contributed by atoms with Crippen LogP contribution in [-0.2, 0) is 13.5 Å². The van der Waals surface area contributed by atoms with Crippen molar-refractivity contribution in [2.24, 2.45) is 7.05 Å². The second-order valence-corrected chi connectivity index (χ2v) is 6.23. The normalized spacial score (nSPS) is 12.6. The summed E-state index contributed by atoms with van der Waals surface area (Å²) in [5.41, 5.74) is 2.55. The molecule has 108 valence electrons. The van der Waals surface area contributed by atoms with Crippen LogP contribution in [0.1, 0.15) is 32.9 Å². The monoisotopic (exact) mass is 271 g/mol. The molecule has 0 spiro atoms. The molecule has 1 N–H and O–H groups in total. The fourth-order valence-corrected chi connectivity index (χ4v) is 2.28. The highest BCUT2D eigenvalue weighted by atomic mass is 15.3. The predicted octanol–water partition coefficient (Wildman–Crippen LogP) is 3.45. The summed E-state index contributed by atoms with van der Waals surface area (Å²) >= 11 is 0. The lowest BCUT2D eigenvalue weighted by Gasteiger charge is -2.19. The molecule has 1 heterocycles. The molecule has 20 heavy (non-hydrogen) atoms. The van der Waals surface area contributed by atoms with Crippen LogP contribution < -0.4 is 5.32 Å². The van der Waals surface area contributed by atoms with E-state index < -0.39 is 0 Å². The molecule has 0 saturated carbocycles. The molecule has 0 aliphatic rings. The molecule has 0 aliphatic carbocycles. The van der Waals surface area contributed by atoms with E-state index in [1.165, 1.54) is 10.9 Å². The zero-order chi connectivity index (χ0) is 14.6. The lowest BCUT2D eigenvalue weighted by atomic mass is 10.1. The first-order valence-corrected chi connectivity index (χ1v) is 7.28. The summed E-state index contributed by atoms with van der Waals surface area (Å²) in [5, 5.41) is 9.34. The standard InChI is InChI=1S/C17H25N3/c1-17(2,3)18-13-9-5-6-11-15-14-10-7-8-12-16(14)20(4)19-15/h5-8,10,12,18H,9,11,13H2,1-4H3. The van der Waals surface area contributed by atoms with Gasteiger partial charge in [-0.05, 0) is 39.8 Å². The number of nitrogens with zero attached hydrogens (tertiary/aromatic N) is 2. The number of aromatic nitrogens is 2. The minimum absolute atomic E-state index is 0.199. The number of nitrogens with one attached hydrogen (secondary N) is 1. The van der Waals surface area contributed by atoms with Crippen molar-refractivity contribution in [2.75, 3.05) is 6.54 Å². The van der Waals surface area contributed by atoms with Crippen LogP contribution in [-0.4, -0.2) is 21.9 Å². The molecule has 1 aromatic carbocycles. The SMILES string of the molecule is Cn1nc(CC=CCCNC(C)(C)C)c2ccccc21. The topological polar surface area (TPSA) is 29.9 Å². The molecule has 2 rings (SSSR count). The van der Waals surface area contributed by atoms with Crippen molar-refractivity contribution in [3.8, 4) is 0 Å². The summed E-state index contributed by atoms with van der Waals surface area (Å²) in [5.74, 6) is 0. The van der Waals surface area contributed by atoms with Gasteiger partial charge in [-0.15, -0.1) is 0 Å². The number of rotatable bonds is 5. The van der Waals surface area contributed by atoms with Crippen LogP contribution in [0.25, 0.3) is 10.9 Å². The van der Waals surface area contributed by atoms with Gasteiger partial charge in [-0.3, -0.25) is 4.68 Å². The van der Waals surface area contributed by atoms with E-state index in [0.717, 1.165) is 25.1 Å². The highest BCUT2D eigenvalue weighted by Gasteiger charge is 2.07. The first kappa shape index (κ1) is 14.8. The third-order valence-electron chi connectivity index (χ3n) is 3.28. The number of hydrogen-bond acceptors (Lipinski definition) is 2. The molecule has 0 atom stereocenters. The molecule has 0 fully saturated rings. The minimum atomic E-state index is 0.199. The van der Waals surface area contributed by atoms with Crippen LogP contribution >= 0.6 is 0 Å². The second kappa shape index (κ2) is 6.23. The zero-order valence-electron chi connectivity index (χ0n) is 13.0. The lowest BCUT2D eigenvalue weighted by Crippen LogP contribution is -2.36. The van der Waals surface area contributed by atoms with Crippen molar-refractivity contribution in [1.82, 2.24) is 15.1 Å². The Bertz CT molecular complexity index is 588. The molecule has 0 amide bonds. The summed E-state index contributed by atoms with van der Waals surface area (Å²) in [6.07, 6.45) is 6.42. The molecule has 3 heteroatoms. The number of fused-ring (bicyclic) bond motifs is 1. The molecular formula is C17H25N3. The van der Waals surface area contributed by atoms with Crippen molar-refractivity contribution >= 4 is 10.9 Å². The van der Waals surface area contributed by atoms with Crippen LogP contribution in [0.5, 0.6) is 0 Å². The molecular weight excluding hydrogens is 246 g/mol. The first-order valence-electron chi connectivity index (χ1n) is 7.28. The Balaban J connectivity index is 1.90. The van der Waals surface area contributed by atoms with E-state index in [1.54, 1.807) is 0 Å². The second-order valence-electron chi connectivity index (χ2n) is 6.23. The summed E-state index contributed by atoms with van der Waals surface area (Å²) < 4.78 is 1.96. The molecule has 0 radical (unpaired) electrons. The van der Waals surface area contributed by atoms with Gasteiger partial charge in [0, 0.05) is 24.4 Å². The van der Waals surface area contributed by atoms with E-state index in [-0.39, 0.29) is 5.54 Å². The Morgan fingerprint density at radius 1 is 1.20 bits per heavy atom.